The SMILES string of the molecule is CCn1ccnc(N(CCN)C2CCCC2)c1=O. The predicted octanol–water partition coefficient (Wildman–Crippen LogP) is 0.971. The summed E-state index contributed by atoms with van der Waals surface area (Å²) < 4.78 is 1.70. The van der Waals surface area contributed by atoms with Crippen LogP contribution in [0.1, 0.15) is 32.6 Å². The van der Waals surface area contributed by atoms with Crippen molar-refractivity contribution in [3.63, 3.8) is 0 Å². The molecule has 0 saturated heterocycles. The first-order valence-corrected chi connectivity index (χ1v) is 6.80. The Hall–Kier alpha value is -1.36. The minimum absolute atomic E-state index is 0.000324. The van der Waals surface area contributed by atoms with Crippen LogP contribution in [-0.4, -0.2) is 28.7 Å². The number of rotatable bonds is 5. The van der Waals surface area contributed by atoms with Crippen molar-refractivity contribution in [2.75, 3.05) is 18.0 Å². The lowest BCUT2D eigenvalue weighted by Gasteiger charge is -2.29. The Kier molecular flexibility index (Phi) is 4.36. The highest BCUT2D eigenvalue weighted by Gasteiger charge is 2.25. The van der Waals surface area contributed by atoms with E-state index in [0.29, 0.717) is 31.5 Å². The van der Waals surface area contributed by atoms with Crippen molar-refractivity contribution >= 4 is 5.82 Å². The first-order valence-electron chi connectivity index (χ1n) is 6.80. The zero-order valence-corrected chi connectivity index (χ0v) is 11.0. The molecule has 1 fully saturated rings. The van der Waals surface area contributed by atoms with Crippen LogP contribution in [0.2, 0.25) is 0 Å². The van der Waals surface area contributed by atoms with Crippen LogP contribution in [0.15, 0.2) is 17.2 Å². The van der Waals surface area contributed by atoms with Gasteiger partial charge in [0.25, 0.3) is 5.56 Å². The van der Waals surface area contributed by atoms with Crippen LogP contribution in [0.25, 0.3) is 0 Å². The molecule has 0 radical (unpaired) electrons. The van der Waals surface area contributed by atoms with Crippen molar-refractivity contribution in [2.24, 2.45) is 5.73 Å². The van der Waals surface area contributed by atoms with Gasteiger partial charge in [0.05, 0.1) is 0 Å². The van der Waals surface area contributed by atoms with Gasteiger partial charge >= 0.3 is 0 Å². The lowest BCUT2D eigenvalue weighted by molar-refractivity contribution is 0.591. The molecule has 100 valence electrons. The quantitative estimate of drug-likeness (QED) is 0.846. The van der Waals surface area contributed by atoms with Crippen LogP contribution in [0.3, 0.4) is 0 Å². The van der Waals surface area contributed by atoms with Crippen LogP contribution in [0.5, 0.6) is 0 Å². The van der Waals surface area contributed by atoms with Gasteiger partial charge < -0.3 is 15.2 Å². The molecule has 0 bridgehead atoms. The van der Waals surface area contributed by atoms with E-state index in [1.165, 1.54) is 12.8 Å². The molecule has 1 aliphatic rings. The second kappa shape index (κ2) is 6.00. The van der Waals surface area contributed by atoms with Crippen LogP contribution >= 0.6 is 0 Å². The molecule has 0 aromatic carbocycles. The van der Waals surface area contributed by atoms with Crippen molar-refractivity contribution < 1.29 is 0 Å². The average Bonchev–Trinajstić information content (AvgIpc) is 2.90. The fourth-order valence-corrected chi connectivity index (χ4v) is 2.70. The average molecular weight is 250 g/mol. The molecule has 1 aromatic rings. The highest BCUT2D eigenvalue weighted by atomic mass is 16.1. The van der Waals surface area contributed by atoms with Crippen molar-refractivity contribution in [3.05, 3.63) is 22.7 Å². The van der Waals surface area contributed by atoms with Crippen molar-refractivity contribution in [3.8, 4) is 0 Å². The monoisotopic (exact) mass is 250 g/mol. The Morgan fingerprint density at radius 3 is 2.83 bits per heavy atom. The largest absolute Gasteiger partial charge is 0.348 e. The van der Waals surface area contributed by atoms with Crippen LogP contribution in [0, 0.1) is 0 Å². The summed E-state index contributed by atoms with van der Waals surface area (Å²) >= 11 is 0. The molecule has 1 saturated carbocycles. The van der Waals surface area contributed by atoms with E-state index in [0.717, 1.165) is 12.8 Å². The summed E-state index contributed by atoms with van der Waals surface area (Å²) in [6.07, 6.45) is 8.20. The van der Waals surface area contributed by atoms with Gasteiger partial charge in [-0.25, -0.2) is 4.98 Å². The summed E-state index contributed by atoms with van der Waals surface area (Å²) in [4.78, 5) is 18.7. The van der Waals surface area contributed by atoms with E-state index in [4.69, 9.17) is 5.73 Å². The fraction of sp³-hybridized carbons (Fsp3) is 0.692. The molecule has 0 atom stereocenters. The van der Waals surface area contributed by atoms with Crippen LogP contribution in [-0.2, 0) is 6.54 Å². The van der Waals surface area contributed by atoms with Gasteiger partial charge in [0.15, 0.2) is 5.82 Å². The lowest BCUT2D eigenvalue weighted by atomic mass is 10.2. The first kappa shape index (κ1) is 13.1. The second-order valence-corrected chi connectivity index (χ2v) is 4.76. The fourth-order valence-electron chi connectivity index (χ4n) is 2.70. The molecule has 0 aliphatic heterocycles. The first-order chi connectivity index (χ1) is 8.77. The van der Waals surface area contributed by atoms with Gasteiger partial charge in [-0.2, -0.15) is 0 Å². The lowest BCUT2D eigenvalue weighted by Crippen LogP contribution is -2.42. The summed E-state index contributed by atoms with van der Waals surface area (Å²) in [6.45, 7) is 3.91. The zero-order valence-electron chi connectivity index (χ0n) is 11.0. The predicted molar refractivity (Wildman–Crippen MR) is 72.8 cm³/mol. The van der Waals surface area contributed by atoms with E-state index in [9.17, 15) is 4.79 Å². The van der Waals surface area contributed by atoms with Gasteiger partial charge in [0.1, 0.15) is 0 Å². The van der Waals surface area contributed by atoms with Crippen molar-refractivity contribution in [2.45, 2.75) is 45.2 Å². The van der Waals surface area contributed by atoms with E-state index in [1.807, 2.05) is 6.92 Å². The van der Waals surface area contributed by atoms with Gasteiger partial charge in [-0.15, -0.1) is 0 Å². The van der Waals surface area contributed by atoms with Gasteiger partial charge in [-0.05, 0) is 19.8 Å². The Morgan fingerprint density at radius 1 is 1.50 bits per heavy atom. The maximum absolute atomic E-state index is 12.3. The number of nitrogens with two attached hydrogens (primary N) is 1. The summed E-state index contributed by atoms with van der Waals surface area (Å²) in [7, 11) is 0. The number of hydrogen-bond acceptors (Lipinski definition) is 4. The number of hydrogen-bond donors (Lipinski definition) is 1. The maximum atomic E-state index is 12.3. The molecule has 1 heterocycles. The number of anilines is 1. The molecular weight excluding hydrogens is 228 g/mol. The third kappa shape index (κ3) is 2.56. The molecule has 1 aromatic heterocycles. The van der Waals surface area contributed by atoms with Gasteiger partial charge in [-0.3, -0.25) is 4.79 Å². The van der Waals surface area contributed by atoms with Crippen molar-refractivity contribution in [1.82, 2.24) is 9.55 Å². The molecule has 2 rings (SSSR count). The summed E-state index contributed by atoms with van der Waals surface area (Å²) in [5.74, 6) is 0.566. The number of aromatic nitrogens is 2. The topological polar surface area (TPSA) is 64.2 Å². The maximum Gasteiger partial charge on any atom is 0.293 e. The Labute approximate surface area is 108 Å². The van der Waals surface area contributed by atoms with Gasteiger partial charge in [0, 0.05) is 38.1 Å². The Morgan fingerprint density at radius 2 is 2.22 bits per heavy atom. The molecular formula is C13H22N4O. The van der Waals surface area contributed by atoms with E-state index in [2.05, 4.69) is 9.88 Å². The van der Waals surface area contributed by atoms with Crippen LogP contribution in [0.4, 0.5) is 5.82 Å². The summed E-state index contributed by atoms with van der Waals surface area (Å²) in [5, 5.41) is 0. The standard InChI is InChI=1S/C13H22N4O/c1-2-16-10-8-15-12(13(16)18)17(9-7-14)11-5-3-4-6-11/h8,10-11H,2-7,9,14H2,1H3. The third-order valence-electron chi connectivity index (χ3n) is 3.64. The highest BCUT2D eigenvalue weighted by molar-refractivity contribution is 5.37. The summed E-state index contributed by atoms with van der Waals surface area (Å²) in [6, 6.07) is 0.432. The normalized spacial score (nSPS) is 16.1. The van der Waals surface area contributed by atoms with Crippen LogP contribution < -0.4 is 16.2 Å². The smallest absolute Gasteiger partial charge is 0.293 e. The Bertz CT molecular complexity index is 437. The number of aryl methyl sites for hydroxylation is 1. The third-order valence-corrected chi connectivity index (χ3v) is 3.64. The van der Waals surface area contributed by atoms with E-state index in [1.54, 1.807) is 17.0 Å². The minimum Gasteiger partial charge on any atom is -0.348 e. The minimum atomic E-state index is 0.000324. The molecule has 1 aliphatic carbocycles. The Balaban J connectivity index is 2.32. The molecule has 18 heavy (non-hydrogen) atoms. The van der Waals surface area contributed by atoms with Gasteiger partial charge in [-0.1, -0.05) is 12.8 Å². The van der Waals surface area contributed by atoms with Crippen molar-refractivity contribution in [1.29, 1.82) is 0 Å². The molecule has 0 amide bonds. The summed E-state index contributed by atoms with van der Waals surface area (Å²) in [5.41, 5.74) is 5.68. The molecule has 5 nitrogen and oxygen atoms in total. The molecule has 0 spiro atoms. The number of nitrogens with zero attached hydrogens (tertiary/aromatic N) is 3. The molecule has 0 unspecified atom stereocenters. The van der Waals surface area contributed by atoms with E-state index >= 15 is 0 Å². The van der Waals surface area contributed by atoms with E-state index in [-0.39, 0.29) is 5.56 Å². The molecule has 2 N–H and O–H groups in total. The van der Waals surface area contributed by atoms with E-state index < -0.39 is 0 Å². The van der Waals surface area contributed by atoms with Gasteiger partial charge in [0.2, 0.25) is 0 Å². The molecule has 5 heteroatoms. The highest BCUT2D eigenvalue weighted by Crippen LogP contribution is 2.25. The zero-order chi connectivity index (χ0) is 13.0. The second-order valence-electron chi connectivity index (χ2n) is 4.76.